The van der Waals surface area contributed by atoms with Gasteiger partial charge < -0.3 is 5.11 Å². The molecule has 0 radical (unpaired) electrons. The average Bonchev–Trinajstić information content (AvgIpc) is 2.51. The third-order valence-corrected chi connectivity index (χ3v) is 6.65. The van der Waals surface area contributed by atoms with E-state index in [0.29, 0.717) is 11.3 Å². The molecule has 0 aromatic rings. The number of hydrogen-bond acceptors (Lipinski definition) is 1. The maximum absolute atomic E-state index is 9.89. The van der Waals surface area contributed by atoms with Crippen LogP contribution in [0.15, 0.2) is 0 Å². The van der Waals surface area contributed by atoms with Crippen molar-refractivity contribution >= 4 is 8.07 Å². The molecular formula is C11H24OSi. The van der Waals surface area contributed by atoms with Crippen LogP contribution in [0.2, 0.25) is 25.2 Å². The van der Waals surface area contributed by atoms with Crippen molar-refractivity contribution in [1.29, 1.82) is 0 Å². The topological polar surface area (TPSA) is 20.2 Å². The molecule has 1 aliphatic rings. The van der Waals surface area contributed by atoms with E-state index in [1.165, 1.54) is 0 Å². The average molecular weight is 200 g/mol. The maximum atomic E-state index is 9.89. The first-order valence-corrected chi connectivity index (χ1v) is 8.98. The minimum Gasteiger partial charge on any atom is -0.393 e. The largest absolute Gasteiger partial charge is 0.393 e. The van der Waals surface area contributed by atoms with Crippen molar-refractivity contribution in [3.8, 4) is 0 Å². The van der Waals surface area contributed by atoms with E-state index >= 15 is 0 Å². The van der Waals surface area contributed by atoms with Crippen molar-refractivity contribution < 1.29 is 5.11 Å². The van der Waals surface area contributed by atoms with E-state index in [1.807, 2.05) is 0 Å². The summed E-state index contributed by atoms with van der Waals surface area (Å²) >= 11 is 0. The van der Waals surface area contributed by atoms with Crippen LogP contribution in [0.1, 0.15) is 27.2 Å². The van der Waals surface area contributed by atoms with Crippen LogP contribution in [0, 0.1) is 11.3 Å². The molecule has 0 aromatic carbocycles. The molecule has 1 fully saturated rings. The number of aliphatic hydroxyl groups is 1. The fourth-order valence-electron chi connectivity index (χ4n) is 3.30. The minimum absolute atomic E-state index is 0.0632. The second kappa shape index (κ2) is 3.09. The summed E-state index contributed by atoms with van der Waals surface area (Å²) in [6.07, 6.45) is 0.849. The van der Waals surface area contributed by atoms with Crippen LogP contribution in [0.5, 0.6) is 0 Å². The molecule has 0 aromatic heterocycles. The molecule has 13 heavy (non-hydrogen) atoms. The van der Waals surface area contributed by atoms with Crippen molar-refractivity contribution in [3.63, 3.8) is 0 Å². The Morgan fingerprint density at radius 1 is 1.31 bits per heavy atom. The van der Waals surface area contributed by atoms with Gasteiger partial charge in [0.25, 0.3) is 0 Å². The molecule has 1 saturated carbocycles. The van der Waals surface area contributed by atoms with E-state index in [9.17, 15) is 5.11 Å². The summed E-state index contributed by atoms with van der Waals surface area (Å²) in [5, 5.41) is 9.89. The highest BCUT2D eigenvalue weighted by Gasteiger charge is 2.64. The van der Waals surface area contributed by atoms with Crippen LogP contribution in [0.25, 0.3) is 0 Å². The molecule has 1 aliphatic carbocycles. The lowest BCUT2D eigenvalue weighted by Gasteiger charge is -2.18. The zero-order valence-corrected chi connectivity index (χ0v) is 10.9. The van der Waals surface area contributed by atoms with E-state index in [1.54, 1.807) is 0 Å². The molecule has 78 valence electrons. The molecule has 3 atom stereocenters. The molecule has 0 heterocycles. The van der Waals surface area contributed by atoms with Gasteiger partial charge in [-0.15, -0.1) is 0 Å². The highest BCUT2D eigenvalue weighted by Crippen LogP contribution is 2.69. The summed E-state index contributed by atoms with van der Waals surface area (Å²) in [6, 6.07) is 0. The van der Waals surface area contributed by atoms with Gasteiger partial charge in [-0.2, -0.15) is 0 Å². The molecule has 1 N–H and O–H groups in total. The van der Waals surface area contributed by atoms with E-state index < -0.39 is 8.07 Å². The normalized spacial score (nSPS) is 34.4. The van der Waals surface area contributed by atoms with Crippen LogP contribution in [-0.4, -0.2) is 19.3 Å². The first-order chi connectivity index (χ1) is 5.73. The van der Waals surface area contributed by atoms with Gasteiger partial charge in [0, 0.05) is 8.07 Å². The van der Waals surface area contributed by atoms with Crippen LogP contribution in [0.4, 0.5) is 0 Å². The Bertz CT molecular complexity index is 193. The highest BCUT2D eigenvalue weighted by atomic mass is 28.3. The SMILES string of the molecule is CC[C@@H](O)[C@@H]1[C@H]([Si](C)(C)C)C1(C)C. The molecule has 0 bridgehead atoms. The summed E-state index contributed by atoms with van der Waals surface area (Å²) in [7, 11) is -1.06. The van der Waals surface area contributed by atoms with Gasteiger partial charge in [-0.1, -0.05) is 40.4 Å². The van der Waals surface area contributed by atoms with Crippen LogP contribution in [-0.2, 0) is 0 Å². The fraction of sp³-hybridized carbons (Fsp3) is 1.00. The Kier molecular flexibility index (Phi) is 2.68. The Hall–Kier alpha value is 0.177. The summed E-state index contributed by atoms with van der Waals surface area (Å²) in [4.78, 5) is 0. The monoisotopic (exact) mass is 200 g/mol. The molecule has 1 nitrogen and oxygen atoms in total. The Morgan fingerprint density at radius 3 is 2.00 bits per heavy atom. The van der Waals surface area contributed by atoms with E-state index in [0.717, 1.165) is 12.0 Å². The molecule has 0 saturated heterocycles. The lowest BCUT2D eigenvalue weighted by atomic mass is 10.0. The van der Waals surface area contributed by atoms with Gasteiger partial charge in [-0.3, -0.25) is 0 Å². The maximum Gasteiger partial charge on any atom is 0.0571 e. The molecular weight excluding hydrogens is 176 g/mol. The van der Waals surface area contributed by atoms with Crippen molar-refractivity contribution in [1.82, 2.24) is 0 Å². The van der Waals surface area contributed by atoms with Crippen LogP contribution in [0.3, 0.4) is 0 Å². The quantitative estimate of drug-likeness (QED) is 0.694. The highest BCUT2D eigenvalue weighted by molar-refractivity contribution is 6.78. The zero-order valence-electron chi connectivity index (χ0n) is 9.89. The van der Waals surface area contributed by atoms with Gasteiger partial charge in [0.1, 0.15) is 0 Å². The molecule has 1 rings (SSSR count). The van der Waals surface area contributed by atoms with E-state index in [4.69, 9.17) is 0 Å². The Labute approximate surface area is 83.6 Å². The summed E-state index contributed by atoms with van der Waals surface area (Å²) < 4.78 is 0. The number of aliphatic hydroxyl groups excluding tert-OH is 1. The fourth-order valence-corrected chi connectivity index (χ4v) is 7.36. The van der Waals surface area contributed by atoms with Crippen molar-refractivity contribution in [3.05, 3.63) is 0 Å². The lowest BCUT2D eigenvalue weighted by molar-refractivity contribution is 0.132. The first-order valence-electron chi connectivity index (χ1n) is 5.41. The number of rotatable bonds is 3. The predicted molar refractivity (Wildman–Crippen MR) is 60.7 cm³/mol. The lowest BCUT2D eigenvalue weighted by Crippen LogP contribution is -2.24. The first kappa shape index (κ1) is 11.3. The van der Waals surface area contributed by atoms with Crippen LogP contribution >= 0.6 is 0 Å². The molecule has 0 spiro atoms. The van der Waals surface area contributed by atoms with Gasteiger partial charge in [-0.05, 0) is 23.3 Å². The summed E-state index contributed by atoms with van der Waals surface area (Å²) in [6.45, 7) is 14.0. The molecule has 0 unspecified atom stereocenters. The van der Waals surface area contributed by atoms with E-state index in [2.05, 4.69) is 40.4 Å². The van der Waals surface area contributed by atoms with Gasteiger partial charge in [0.05, 0.1) is 6.10 Å². The third kappa shape index (κ3) is 1.84. The minimum atomic E-state index is -1.06. The zero-order chi connectivity index (χ0) is 10.4. The third-order valence-electron chi connectivity index (χ3n) is 3.68. The van der Waals surface area contributed by atoms with Crippen molar-refractivity contribution in [2.24, 2.45) is 11.3 Å². The van der Waals surface area contributed by atoms with Crippen molar-refractivity contribution in [2.75, 3.05) is 0 Å². The van der Waals surface area contributed by atoms with Gasteiger partial charge in [0.15, 0.2) is 0 Å². The second-order valence-corrected chi connectivity index (χ2v) is 11.5. The van der Waals surface area contributed by atoms with E-state index in [-0.39, 0.29) is 6.10 Å². The van der Waals surface area contributed by atoms with Crippen molar-refractivity contribution in [2.45, 2.75) is 58.5 Å². The van der Waals surface area contributed by atoms with Gasteiger partial charge in [0.2, 0.25) is 0 Å². The molecule has 0 amide bonds. The Balaban J connectivity index is 2.72. The summed E-state index contributed by atoms with van der Waals surface area (Å²) in [5.41, 5.74) is 1.22. The Morgan fingerprint density at radius 2 is 1.77 bits per heavy atom. The standard InChI is InChI=1S/C11H24OSi/c1-7-8(12)9-10(11(9,2)3)13(4,5)6/h8-10,12H,7H2,1-6H3/t8-,9-,10+/m1/s1. The van der Waals surface area contributed by atoms with Crippen LogP contribution < -0.4 is 0 Å². The molecule has 0 aliphatic heterocycles. The second-order valence-electron chi connectivity index (χ2n) is 6.17. The van der Waals surface area contributed by atoms with Gasteiger partial charge >= 0.3 is 0 Å². The predicted octanol–water partition coefficient (Wildman–Crippen LogP) is 3.12. The van der Waals surface area contributed by atoms with Gasteiger partial charge in [-0.25, -0.2) is 0 Å². The number of hydrogen-bond donors (Lipinski definition) is 1. The molecule has 2 heteroatoms. The summed E-state index contributed by atoms with van der Waals surface area (Å²) in [5.74, 6) is 0.573. The smallest absolute Gasteiger partial charge is 0.0571 e.